The predicted molar refractivity (Wildman–Crippen MR) is 76.2 cm³/mol. The molecular formula is C14H19BrN2O. The molecule has 2 atom stereocenters. The minimum absolute atomic E-state index is 0.209. The van der Waals surface area contributed by atoms with Crippen molar-refractivity contribution in [3.63, 3.8) is 0 Å². The van der Waals surface area contributed by atoms with Crippen LogP contribution in [0.4, 0.5) is 0 Å². The van der Waals surface area contributed by atoms with Crippen LogP contribution < -0.4 is 5.73 Å². The van der Waals surface area contributed by atoms with E-state index >= 15 is 0 Å². The Labute approximate surface area is 116 Å². The molecule has 1 aliphatic heterocycles. The van der Waals surface area contributed by atoms with Crippen molar-refractivity contribution < 1.29 is 4.79 Å². The van der Waals surface area contributed by atoms with E-state index < -0.39 is 0 Å². The zero-order chi connectivity index (χ0) is 13.1. The summed E-state index contributed by atoms with van der Waals surface area (Å²) >= 11 is 3.40. The van der Waals surface area contributed by atoms with Crippen LogP contribution in [0.5, 0.6) is 0 Å². The van der Waals surface area contributed by atoms with Crippen LogP contribution in [0.2, 0.25) is 0 Å². The first-order chi connectivity index (χ1) is 8.60. The molecule has 0 spiro atoms. The molecule has 2 rings (SSSR count). The third-order valence-electron chi connectivity index (χ3n) is 3.58. The van der Waals surface area contributed by atoms with Crippen LogP contribution in [0.25, 0.3) is 0 Å². The first kappa shape index (κ1) is 13.6. The summed E-state index contributed by atoms with van der Waals surface area (Å²) in [6, 6.07) is 8.24. The van der Waals surface area contributed by atoms with Crippen molar-refractivity contribution in [3.05, 3.63) is 34.3 Å². The Hall–Kier alpha value is -0.870. The summed E-state index contributed by atoms with van der Waals surface area (Å²) < 4.78 is 1.04. The van der Waals surface area contributed by atoms with E-state index in [-0.39, 0.29) is 5.91 Å². The molecular weight excluding hydrogens is 292 g/mol. The van der Waals surface area contributed by atoms with Gasteiger partial charge in [0, 0.05) is 17.1 Å². The normalized spacial score (nSPS) is 23.4. The number of likely N-dealkylation sites (tertiary alicyclic amines) is 1. The highest BCUT2D eigenvalue weighted by atomic mass is 79.9. The van der Waals surface area contributed by atoms with Crippen LogP contribution in [0.1, 0.15) is 18.9 Å². The van der Waals surface area contributed by atoms with Crippen LogP contribution in [0, 0.1) is 5.92 Å². The topological polar surface area (TPSA) is 46.3 Å². The van der Waals surface area contributed by atoms with Crippen molar-refractivity contribution in [3.8, 4) is 0 Å². The molecule has 0 aromatic heterocycles. The number of carbonyl (C=O) groups is 1. The van der Waals surface area contributed by atoms with E-state index in [1.54, 1.807) is 0 Å². The van der Waals surface area contributed by atoms with Crippen molar-refractivity contribution in [2.45, 2.75) is 25.8 Å². The third kappa shape index (κ3) is 3.12. The lowest BCUT2D eigenvalue weighted by molar-refractivity contribution is -0.131. The molecule has 0 saturated carbocycles. The minimum atomic E-state index is 0.209. The van der Waals surface area contributed by atoms with Crippen molar-refractivity contribution in [1.82, 2.24) is 4.90 Å². The van der Waals surface area contributed by atoms with Crippen LogP contribution in [0.15, 0.2) is 28.7 Å². The van der Waals surface area contributed by atoms with Gasteiger partial charge in [0.15, 0.2) is 0 Å². The fourth-order valence-electron chi connectivity index (χ4n) is 2.54. The average Bonchev–Trinajstić information content (AvgIpc) is 2.73. The Kier molecular flexibility index (Phi) is 4.40. The molecule has 1 amide bonds. The zero-order valence-electron chi connectivity index (χ0n) is 10.6. The SMILES string of the molecule is CC1CC(CN)CN1C(=O)Cc1ccc(Br)cc1. The summed E-state index contributed by atoms with van der Waals surface area (Å²) in [7, 11) is 0. The van der Waals surface area contributed by atoms with Gasteiger partial charge in [0.25, 0.3) is 0 Å². The predicted octanol–water partition coefficient (Wildman–Crippen LogP) is 2.19. The van der Waals surface area contributed by atoms with Gasteiger partial charge in [-0.2, -0.15) is 0 Å². The Bertz CT molecular complexity index is 418. The molecule has 98 valence electrons. The number of nitrogens with zero attached hydrogens (tertiary/aromatic N) is 1. The number of amides is 1. The second-order valence-electron chi connectivity index (χ2n) is 5.04. The van der Waals surface area contributed by atoms with Crippen molar-refractivity contribution in [2.24, 2.45) is 11.7 Å². The smallest absolute Gasteiger partial charge is 0.227 e. The number of hydrogen-bond donors (Lipinski definition) is 1. The standard InChI is InChI=1S/C14H19BrN2O/c1-10-6-12(8-16)9-17(10)14(18)7-11-2-4-13(15)5-3-11/h2-5,10,12H,6-9,16H2,1H3. The number of halogens is 1. The van der Waals surface area contributed by atoms with Crippen molar-refractivity contribution >= 4 is 21.8 Å². The number of benzene rings is 1. The highest BCUT2D eigenvalue weighted by molar-refractivity contribution is 9.10. The van der Waals surface area contributed by atoms with Gasteiger partial charge in [0.2, 0.25) is 5.91 Å². The Morgan fingerprint density at radius 1 is 1.44 bits per heavy atom. The number of rotatable bonds is 3. The molecule has 1 heterocycles. The highest BCUT2D eigenvalue weighted by Crippen LogP contribution is 2.23. The largest absolute Gasteiger partial charge is 0.339 e. The molecule has 1 fully saturated rings. The van der Waals surface area contributed by atoms with Crippen molar-refractivity contribution in [2.75, 3.05) is 13.1 Å². The third-order valence-corrected chi connectivity index (χ3v) is 4.11. The van der Waals surface area contributed by atoms with Crippen LogP contribution >= 0.6 is 15.9 Å². The highest BCUT2D eigenvalue weighted by Gasteiger charge is 2.31. The maximum absolute atomic E-state index is 12.2. The van der Waals surface area contributed by atoms with E-state index in [1.165, 1.54) is 0 Å². The van der Waals surface area contributed by atoms with E-state index in [0.717, 1.165) is 23.0 Å². The second-order valence-corrected chi connectivity index (χ2v) is 5.95. The second kappa shape index (κ2) is 5.85. The minimum Gasteiger partial charge on any atom is -0.339 e. The monoisotopic (exact) mass is 310 g/mol. The lowest BCUT2D eigenvalue weighted by Gasteiger charge is -2.21. The molecule has 1 aliphatic rings. The lowest BCUT2D eigenvalue weighted by atomic mass is 10.1. The van der Waals surface area contributed by atoms with Gasteiger partial charge in [-0.3, -0.25) is 4.79 Å². The molecule has 0 radical (unpaired) electrons. The maximum Gasteiger partial charge on any atom is 0.227 e. The van der Waals surface area contributed by atoms with Gasteiger partial charge in [-0.25, -0.2) is 0 Å². The summed E-state index contributed by atoms with van der Waals surface area (Å²) in [5.74, 6) is 0.676. The number of nitrogens with two attached hydrogens (primary N) is 1. The Balaban J connectivity index is 1.98. The number of carbonyl (C=O) groups excluding carboxylic acids is 1. The quantitative estimate of drug-likeness (QED) is 0.930. The first-order valence-corrected chi connectivity index (χ1v) is 7.13. The summed E-state index contributed by atoms with van der Waals surface area (Å²) in [4.78, 5) is 14.2. The lowest BCUT2D eigenvalue weighted by Crippen LogP contribution is -2.35. The molecule has 1 saturated heterocycles. The molecule has 18 heavy (non-hydrogen) atoms. The molecule has 1 aromatic carbocycles. The molecule has 0 aliphatic carbocycles. The van der Waals surface area contributed by atoms with Gasteiger partial charge in [0.05, 0.1) is 6.42 Å². The van der Waals surface area contributed by atoms with Crippen molar-refractivity contribution in [1.29, 1.82) is 0 Å². The van der Waals surface area contributed by atoms with E-state index in [4.69, 9.17) is 5.73 Å². The number of hydrogen-bond acceptors (Lipinski definition) is 2. The van der Waals surface area contributed by atoms with E-state index in [0.29, 0.717) is 24.9 Å². The molecule has 2 N–H and O–H groups in total. The van der Waals surface area contributed by atoms with E-state index in [9.17, 15) is 4.79 Å². The van der Waals surface area contributed by atoms with Gasteiger partial charge in [-0.05, 0) is 43.5 Å². The average molecular weight is 311 g/mol. The molecule has 3 nitrogen and oxygen atoms in total. The molecule has 0 bridgehead atoms. The van der Waals surface area contributed by atoms with Gasteiger partial charge in [0.1, 0.15) is 0 Å². The Morgan fingerprint density at radius 2 is 2.11 bits per heavy atom. The summed E-state index contributed by atoms with van der Waals surface area (Å²) in [5.41, 5.74) is 6.75. The van der Waals surface area contributed by atoms with Crippen LogP contribution in [-0.2, 0) is 11.2 Å². The van der Waals surface area contributed by atoms with Crippen LogP contribution in [0.3, 0.4) is 0 Å². The molecule has 2 unspecified atom stereocenters. The first-order valence-electron chi connectivity index (χ1n) is 6.34. The summed E-state index contributed by atoms with van der Waals surface area (Å²) in [6.45, 7) is 3.59. The maximum atomic E-state index is 12.2. The van der Waals surface area contributed by atoms with Gasteiger partial charge >= 0.3 is 0 Å². The Morgan fingerprint density at radius 3 is 2.67 bits per heavy atom. The fourth-order valence-corrected chi connectivity index (χ4v) is 2.80. The zero-order valence-corrected chi connectivity index (χ0v) is 12.2. The van der Waals surface area contributed by atoms with Gasteiger partial charge < -0.3 is 10.6 Å². The molecule has 4 heteroatoms. The van der Waals surface area contributed by atoms with E-state index in [1.807, 2.05) is 29.2 Å². The van der Waals surface area contributed by atoms with E-state index in [2.05, 4.69) is 22.9 Å². The molecule has 1 aromatic rings. The van der Waals surface area contributed by atoms with Gasteiger partial charge in [-0.1, -0.05) is 28.1 Å². The summed E-state index contributed by atoms with van der Waals surface area (Å²) in [6.07, 6.45) is 1.51. The summed E-state index contributed by atoms with van der Waals surface area (Å²) in [5, 5.41) is 0. The fraction of sp³-hybridized carbons (Fsp3) is 0.500. The van der Waals surface area contributed by atoms with Crippen LogP contribution in [-0.4, -0.2) is 29.9 Å². The van der Waals surface area contributed by atoms with Gasteiger partial charge in [-0.15, -0.1) is 0 Å².